The molecule has 7 nitrogen and oxygen atoms in total. The summed E-state index contributed by atoms with van der Waals surface area (Å²) in [6.07, 6.45) is 1.45. The number of amides is 2. The molecule has 0 aliphatic heterocycles. The summed E-state index contributed by atoms with van der Waals surface area (Å²) in [5, 5.41) is 0.846. The highest BCUT2D eigenvalue weighted by Crippen LogP contribution is 2.25. The zero-order valence-corrected chi connectivity index (χ0v) is 18.8. The van der Waals surface area contributed by atoms with Crippen LogP contribution >= 0.6 is 11.8 Å². The molecule has 8 heteroatoms. The summed E-state index contributed by atoms with van der Waals surface area (Å²) in [5.41, 5.74) is 9.78. The molecular formula is C26H20N4O3S. The third-order valence-corrected chi connectivity index (χ3v) is 6.15. The normalized spacial score (nSPS) is 10.8. The summed E-state index contributed by atoms with van der Waals surface area (Å²) < 4.78 is 5.34. The van der Waals surface area contributed by atoms with Gasteiger partial charge in [0.1, 0.15) is 0 Å². The lowest BCUT2D eigenvalue weighted by atomic mass is 10.1. The van der Waals surface area contributed by atoms with Crippen molar-refractivity contribution >= 4 is 34.6 Å². The minimum absolute atomic E-state index is 0.129. The molecule has 0 aliphatic carbocycles. The van der Waals surface area contributed by atoms with Crippen LogP contribution in [-0.2, 0) is 5.75 Å². The Hall–Kier alpha value is -4.30. The van der Waals surface area contributed by atoms with Crippen LogP contribution in [0.5, 0.6) is 0 Å². The smallest absolute Gasteiger partial charge is 0.306 e. The number of hydrogen-bond donors (Lipinski definition) is 3. The van der Waals surface area contributed by atoms with Gasteiger partial charge in [0.15, 0.2) is 5.16 Å². The molecule has 0 unspecified atom stereocenters. The second kappa shape index (κ2) is 9.68. The number of imidazole rings is 1. The number of aromatic amines is 1. The highest BCUT2D eigenvalue weighted by atomic mass is 32.2. The van der Waals surface area contributed by atoms with Gasteiger partial charge in [0, 0.05) is 16.9 Å². The highest BCUT2D eigenvalue weighted by Gasteiger charge is 2.17. The fourth-order valence-corrected chi connectivity index (χ4v) is 4.32. The molecule has 0 aliphatic rings. The van der Waals surface area contributed by atoms with E-state index in [1.165, 1.54) is 6.26 Å². The lowest BCUT2D eigenvalue weighted by Crippen LogP contribution is -2.41. The first-order chi connectivity index (χ1) is 16.7. The van der Waals surface area contributed by atoms with E-state index in [9.17, 15) is 9.59 Å². The second-order valence-electron chi connectivity index (χ2n) is 7.48. The fourth-order valence-electron chi connectivity index (χ4n) is 3.47. The third-order valence-electron chi connectivity index (χ3n) is 5.21. The average molecular weight is 469 g/mol. The van der Waals surface area contributed by atoms with Crippen LogP contribution in [0, 0.1) is 0 Å². The Balaban J connectivity index is 1.16. The van der Waals surface area contributed by atoms with Crippen LogP contribution in [0.25, 0.3) is 22.2 Å². The standard InChI is InChI=1S/C26H20N4O3S/c31-24(29-30-25(32)23-20(14-15-33-23)18-6-2-1-3-7-18)19-12-10-17(11-13-19)16-34-26-27-21-8-4-5-9-22(21)28-26/h1-15H,16H2,(H,27,28)(H,29,31)(H,30,32). The summed E-state index contributed by atoms with van der Waals surface area (Å²) in [5.74, 6) is -0.114. The molecule has 168 valence electrons. The number of carbonyl (C=O) groups is 2. The van der Waals surface area contributed by atoms with Crippen LogP contribution in [0.4, 0.5) is 0 Å². The molecule has 3 aromatic carbocycles. The van der Waals surface area contributed by atoms with E-state index in [1.807, 2.05) is 66.7 Å². The average Bonchev–Trinajstić information content (AvgIpc) is 3.54. The zero-order chi connectivity index (χ0) is 23.3. The van der Waals surface area contributed by atoms with E-state index in [0.717, 1.165) is 27.3 Å². The molecule has 0 saturated carbocycles. The predicted octanol–water partition coefficient (Wildman–Crippen LogP) is 5.19. The van der Waals surface area contributed by atoms with Gasteiger partial charge >= 0.3 is 5.91 Å². The van der Waals surface area contributed by atoms with Gasteiger partial charge in [-0.15, -0.1) is 0 Å². The number of nitrogens with one attached hydrogen (secondary N) is 3. The fraction of sp³-hybridized carbons (Fsp3) is 0.0385. The van der Waals surface area contributed by atoms with E-state index in [4.69, 9.17) is 4.42 Å². The van der Waals surface area contributed by atoms with Gasteiger partial charge in [-0.1, -0.05) is 66.4 Å². The maximum absolute atomic E-state index is 12.5. The van der Waals surface area contributed by atoms with Crippen molar-refractivity contribution in [2.24, 2.45) is 0 Å². The Morgan fingerprint density at radius 2 is 1.59 bits per heavy atom. The number of aromatic nitrogens is 2. The number of rotatable bonds is 6. The van der Waals surface area contributed by atoms with E-state index >= 15 is 0 Å². The maximum Gasteiger partial charge on any atom is 0.306 e. The Labute approximate surface area is 199 Å². The van der Waals surface area contributed by atoms with Crippen LogP contribution in [0.2, 0.25) is 0 Å². The number of benzene rings is 3. The number of para-hydroxylation sites is 2. The molecule has 0 atom stereocenters. The predicted molar refractivity (Wildman–Crippen MR) is 131 cm³/mol. The van der Waals surface area contributed by atoms with Crippen molar-refractivity contribution in [3.8, 4) is 11.1 Å². The van der Waals surface area contributed by atoms with Crippen molar-refractivity contribution < 1.29 is 14.0 Å². The van der Waals surface area contributed by atoms with Gasteiger partial charge in [0.2, 0.25) is 5.76 Å². The molecule has 3 N–H and O–H groups in total. The molecule has 0 spiro atoms. The Morgan fingerprint density at radius 1 is 0.853 bits per heavy atom. The summed E-state index contributed by atoms with van der Waals surface area (Å²) >= 11 is 1.59. The number of thioether (sulfide) groups is 1. The monoisotopic (exact) mass is 468 g/mol. The number of carbonyl (C=O) groups excluding carboxylic acids is 2. The molecule has 5 aromatic rings. The van der Waals surface area contributed by atoms with Crippen molar-refractivity contribution in [3.05, 3.63) is 108 Å². The first-order valence-electron chi connectivity index (χ1n) is 10.6. The van der Waals surface area contributed by atoms with Gasteiger partial charge in [0.25, 0.3) is 5.91 Å². The number of furan rings is 1. The summed E-state index contributed by atoms with van der Waals surface area (Å²) in [6.45, 7) is 0. The molecule has 34 heavy (non-hydrogen) atoms. The SMILES string of the molecule is O=C(NNC(=O)c1occc1-c1ccccc1)c1ccc(CSc2nc3ccccc3[nH]2)cc1. The lowest BCUT2D eigenvalue weighted by Gasteiger charge is -2.08. The van der Waals surface area contributed by atoms with Gasteiger partial charge in [0.05, 0.1) is 17.3 Å². The molecule has 0 bridgehead atoms. The molecule has 2 amide bonds. The van der Waals surface area contributed by atoms with E-state index < -0.39 is 11.8 Å². The number of hydrogen-bond acceptors (Lipinski definition) is 5. The quantitative estimate of drug-likeness (QED) is 0.235. The summed E-state index contributed by atoms with van der Waals surface area (Å²) in [4.78, 5) is 32.9. The number of fused-ring (bicyclic) bond motifs is 1. The number of hydrazine groups is 1. The second-order valence-corrected chi connectivity index (χ2v) is 8.45. The van der Waals surface area contributed by atoms with Crippen LogP contribution in [0.1, 0.15) is 26.5 Å². The van der Waals surface area contributed by atoms with Crippen molar-refractivity contribution in [3.63, 3.8) is 0 Å². The minimum Gasteiger partial charge on any atom is -0.458 e. The molecule has 0 saturated heterocycles. The van der Waals surface area contributed by atoms with E-state index in [1.54, 1.807) is 30.0 Å². The maximum atomic E-state index is 12.5. The van der Waals surface area contributed by atoms with Crippen molar-refractivity contribution in [1.82, 2.24) is 20.8 Å². The molecule has 5 rings (SSSR count). The van der Waals surface area contributed by atoms with Gasteiger partial charge in [-0.05, 0) is 41.5 Å². The largest absolute Gasteiger partial charge is 0.458 e. The Morgan fingerprint density at radius 3 is 2.38 bits per heavy atom. The summed E-state index contributed by atoms with van der Waals surface area (Å²) in [6, 6.07) is 26.2. The molecule has 2 aromatic heterocycles. The molecule has 0 fully saturated rings. The van der Waals surface area contributed by atoms with Crippen LogP contribution in [0.15, 0.2) is 101 Å². The van der Waals surface area contributed by atoms with Gasteiger partial charge < -0.3 is 9.40 Å². The zero-order valence-electron chi connectivity index (χ0n) is 17.9. The van der Waals surface area contributed by atoms with Crippen LogP contribution in [0.3, 0.4) is 0 Å². The summed E-state index contributed by atoms with van der Waals surface area (Å²) in [7, 11) is 0. The number of H-pyrrole nitrogens is 1. The van der Waals surface area contributed by atoms with Crippen molar-refractivity contribution in [2.75, 3.05) is 0 Å². The minimum atomic E-state index is -0.531. The van der Waals surface area contributed by atoms with Gasteiger partial charge in [-0.2, -0.15) is 0 Å². The molecule has 0 radical (unpaired) electrons. The lowest BCUT2D eigenvalue weighted by molar-refractivity contribution is 0.0831. The van der Waals surface area contributed by atoms with E-state index in [0.29, 0.717) is 16.9 Å². The first kappa shape index (κ1) is 21.5. The number of nitrogens with zero attached hydrogens (tertiary/aromatic N) is 1. The van der Waals surface area contributed by atoms with E-state index in [2.05, 4.69) is 20.8 Å². The third kappa shape index (κ3) is 4.72. The highest BCUT2D eigenvalue weighted by molar-refractivity contribution is 7.98. The first-order valence-corrected chi connectivity index (χ1v) is 11.6. The molecular weight excluding hydrogens is 448 g/mol. The van der Waals surface area contributed by atoms with Crippen LogP contribution < -0.4 is 10.9 Å². The van der Waals surface area contributed by atoms with Crippen LogP contribution in [-0.4, -0.2) is 21.8 Å². The van der Waals surface area contributed by atoms with Gasteiger partial charge in [-0.25, -0.2) is 4.98 Å². The van der Waals surface area contributed by atoms with E-state index in [-0.39, 0.29) is 5.76 Å². The van der Waals surface area contributed by atoms with Gasteiger partial charge in [-0.3, -0.25) is 20.4 Å². The Kier molecular flexibility index (Phi) is 6.13. The molecule has 2 heterocycles. The van der Waals surface area contributed by atoms with Crippen molar-refractivity contribution in [2.45, 2.75) is 10.9 Å². The van der Waals surface area contributed by atoms with Crippen molar-refractivity contribution in [1.29, 1.82) is 0 Å². The topological polar surface area (TPSA) is 100 Å². The Bertz CT molecular complexity index is 1410.